The van der Waals surface area contributed by atoms with Gasteiger partial charge in [-0.25, -0.2) is 4.98 Å². The van der Waals surface area contributed by atoms with Crippen molar-refractivity contribution in [1.82, 2.24) is 10.3 Å². The van der Waals surface area contributed by atoms with Gasteiger partial charge in [0.05, 0.1) is 9.88 Å². The van der Waals surface area contributed by atoms with E-state index in [1.807, 2.05) is 32.3 Å². The summed E-state index contributed by atoms with van der Waals surface area (Å²) in [7, 11) is 1.93. The van der Waals surface area contributed by atoms with Gasteiger partial charge in [-0.05, 0) is 37.7 Å². The van der Waals surface area contributed by atoms with Gasteiger partial charge >= 0.3 is 0 Å². The van der Waals surface area contributed by atoms with E-state index < -0.39 is 0 Å². The van der Waals surface area contributed by atoms with E-state index in [4.69, 9.17) is 4.74 Å². The lowest BCUT2D eigenvalue weighted by atomic mass is 10.2. The summed E-state index contributed by atoms with van der Waals surface area (Å²) < 4.78 is 6.86. The van der Waals surface area contributed by atoms with Crippen molar-refractivity contribution in [2.75, 3.05) is 7.05 Å². The van der Waals surface area contributed by atoms with Crippen molar-refractivity contribution in [2.24, 2.45) is 0 Å². The molecule has 18 heavy (non-hydrogen) atoms. The molecule has 0 atom stereocenters. The van der Waals surface area contributed by atoms with Crippen LogP contribution in [0.4, 0.5) is 0 Å². The van der Waals surface area contributed by atoms with Gasteiger partial charge in [-0.3, -0.25) is 0 Å². The molecule has 0 radical (unpaired) electrons. The van der Waals surface area contributed by atoms with Crippen LogP contribution in [-0.2, 0) is 13.2 Å². The second kappa shape index (κ2) is 6.31. The number of nitrogens with zero attached hydrogens (tertiary/aromatic N) is 1. The first-order valence-electron chi connectivity index (χ1n) is 5.66. The molecule has 0 fully saturated rings. The molecule has 0 bridgehead atoms. The lowest BCUT2D eigenvalue weighted by Crippen LogP contribution is -2.06. The first-order valence-corrected chi connectivity index (χ1v) is 7.27. The van der Waals surface area contributed by atoms with E-state index in [9.17, 15) is 0 Å². The fourth-order valence-electron chi connectivity index (χ4n) is 1.59. The van der Waals surface area contributed by atoms with Gasteiger partial charge < -0.3 is 10.1 Å². The van der Waals surface area contributed by atoms with Crippen LogP contribution >= 0.6 is 27.3 Å². The number of aryl methyl sites for hydroxylation is 1. The highest BCUT2D eigenvalue weighted by Gasteiger charge is 2.03. The normalized spacial score (nSPS) is 10.6. The third kappa shape index (κ3) is 3.54. The van der Waals surface area contributed by atoms with Gasteiger partial charge in [-0.1, -0.05) is 15.9 Å². The Morgan fingerprint density at radius 2 is 2.28 bits per heavy atom. The fraction of sp³-hybridized carbons (Fsp3) is 0.308. The Kier molecular flexibility index (Phi) is 4.74. The molecule has 0 aliphatic rings. The molecule has 0 aliphatic carbocycles. The van der Waals surface area contributed by atoms with Crippen molar-refractivity contribution in [3.05, 3.63) is 44.3 Å². The maximum atomic E-state index is 5.77. The van der Waals surface area contributed by atoms with Crippen LogP contribution in [0.3, 0.4) is 0 Å². The summed E-state index contributed by atoms with van der Waals surface area (Å²) in [4.78, 5) is 5.36. The van der Waals surface area contributed by atoms with E-state index >= 15 is 0 Å². The summed E-state index contributed by atoms with van der Waals surface area (Å²) >= 11 is 5.19. The Labute approximate surface area is 119 Å². The minimum absolute atomic E-state index is 0.576. The van der Waals surface area contributed by atoms with E-state index in [-0.39, 0.29) is 0 Å². The summed E-state index contributed by atoms with van der Waals surface area (Å²) in [6.07, 6.45) is 1.87. The van der Waals surface area contributed by atoms with E-state index in [0.29, 0.717) is 6.61 Å². The van der Waals surface area contributed by atoms with Crippen LogP contribution in [0.25, 0.3) is 0 Å². The first-order chi connectivity index (χ1) is 8.69. The summed E-state index contributed by atoms with van der Waals surface area (Å²) in [6.45, 7) is 3.39. The van der Waals surface area contributed by atoms with Gasteiger partial charge in [-0.2, -0.15) is 0 Å². The Bertz CT molecular complexity index is 527. The number of nitrogens with one attached hydrogen (secondary N) is 1. The molecule has 0 spiro atoms. The number of halogens is 1. The number of ether oxygens (including phenoxy) is 1. The summed E-state index contributed by atoms with van der Waals surface area (Å²) in [6, 6.07) is 6.03. The van der Waals surface area contributed by atoms with E-state index in [1.165, 1.54) is 5.56 Å². The van der Waals surface area contributed by atoms with Gasteiger partial charge in [0, 0.05) is 17.2 Å². The molecule has 0 amide bonds. The van der Waals surface area contributed by atoms with Crippen LogP contribution < -0.4 is 10.1 Å². The van der Waals surface area contributed by atoms with Crippen molar-refractivity contribution in [1.29, 1.82) is 0 Å². The largest absolute Gasteiger partial charge is 0.488 e. The number of rotatable bonds is 5. The van der Waals surface area contributed by atoms with Crippen molar-refractivity contribution in [3.8, 4) is 5.75 Å². The second-order valence-corrected chi connectivity index (χ2v) is 6.09. The van der Waals surface area contributed by atoms with Gasteiger partial charge in [0.15, 0.2) is 0 Å². The van der Waals surface area contributed by atoms with Crippen LogP contribution in [0.15, 0.2) is 28.9 Å². The average molecular weight is 327 g/mol. The highest BCUT2D eigenvalue weighted by Crippen LogP contribution is 2.23. The second-order valence-electron chi connectivity index (χ2n) is 3.92. The zero-order valence-electron chi connectivity index (χ0n) is 10.4. The number of hydrogen-bond acceptors (Lipinski definition) is 4. The maximum absolute atomic E-state index is 5.77. The highest BCUT2D eigenvalue weighted by atomic mass is 79.9. The van der Waals surface area contributed by atoms with Crippen LogP contribution in [0.1, 0.15) is 15.4 Å². The minimum atomic E-state index is 0.576. The minimum Gasteiger partial charge on any atom is -0.488 e. The summed E-state index contributed by atoms with van der Waals surface area (Å²) in [5.74, 6) is 0.884. The Balaban J connectivity index is 2.03. The highest BCUT2D eigenvalue weighted by molar-refractivity contribution is 9.10. The third-order valence-electron chi connectivity index (χ3n) is 2.43. The van der Waals surface area contributed by atoms with Crippen LogP contribution in [-0.4, -0.2) is 12.0 Å². The lowest BCUT2D eigenvalue weighted by Gasteiger charge is -2.08. The molecule has 96 valence electrons. The molecule has 0 saturated carbocycles. The van der Waals surface area contributed by atoms with Crippen molar-refractivity contribution in [2.45, 2.75) is 20.1 Å². The summed E-state index contributed by atoms with van der Waals surface area (Å²) in [5, 5.41) is 4.21. The van der Waals surface area contributed by atoms with Gasteiger partial charge in [0.25, 0.3) is 0 Å². The number of benzene rings is 1. The third-order valence-corrected chi connectivity index (χ3v) is 4.09. The predicted octanol–water partition coefficient (Wildman–Crippen LogP) is 3.51. The van der Waals surface area contributed by atoms with Crippen molar-refractivity contribution in [3.63, 3.8) is 0 Å². The molecule has 0 saturated heterocycles. The standard InChI is InChI=1S/C13H15BrN2OS/c1-9-16-7-12(18-9)8-17-11-3-4-13(14)10(5-11)6-15-2/h3-5,7,15H,6,8H2,1-2H3. The van der Waals surface area contributed by atoms with Crippen LogP contribution in [0.5, 0.6) is 5.75 Å². The molecule has 0 aliphatic heterocycles. The SMILES string of the molecule is CNCc1cc(OCc2cnc(C)s2)ccc1Br. The summed E-state index contributed by atoms with van der Waals surface area (Å²) in [5.41, 5.74) is 1.19. The molecular weight excluding hydrogens is 312 g/mol. The van der Waals surface area contributed by atoms with Crippen molar-refractivity contribution >= 4 is 27.3 Å². The lowest BCUT2D eigenvalue weighted by molar-refractivity contribution is 0.309. The molecule has 2 aromatic rings. The zero-order chi connectivity index (χ0) is 13.0. The van der Waals surface area contributed by atoms with Crippen LogP contribution in [0, 0.1) is 6.92 Å². The van der Waals surface area contributed by atoms with E-state index in [2.05, 4.69) is 32.3 Å². The smallest absolute Gasteiger partial charge is 0.124 e. The Morgan fingerprint density at radius 1 is 1.44 bits per heavy atom. The quantitative estimate of drug-likeness (QED) is 0.912. The fourth-order valence-corrected chi connectivity index (χ4v) is 2.69. The molecule has 1 N–H and O–H groups in total. The molecule has 3 nitrogen and oxygen atoms in total. The van der Waals surface area contributed by atoms with Gasteiger partial charge in [-0.15, -0.1) is 11.3 Å². The molecule has 5 heteroatoms. The molecule has 1 aromatic carbocycles. The average Bonchev–Trinajstić information content (AvgIpc) is 2.76. The maximum Gasteiger partial charge on any atom is 0.124 e. The first kappa shape index (κ1) is 13.5. The monoisotopic (exact) mass is 326 g/mol. The molecule has 0 unspecified atom stereocenters. The van der Waals surface area contributed by atoms with Crippen LogP contribution in [0.2, 0.25) is 0 Å². The Hall–Kier alpha value is -0.910. The predicted molar refractivity (Wildman–Crippen MR) is 78.1 cm³/mol. The molecule has 2 rings (SSSR count). The molecule has 1 heterocycles. The number of hydrogen-bond donors (Lipinski definition) is 1. The van der Waals surface area contributed by atoms with Gasteiger partial charge in [0.2, 0.25) is 0 Å². The number of thiazole rings is 1. The van der Waals surface area contributed by atoms with Crippen molar-refractivity contribution < 1.29 is 4.74 Å². The Morgan fingerprint density at radius 3 is 2.94 bits per heavy atom. The zero-order valence-corrected chi connectivity index (χ0v) is 12.8. The molecule has 1 aromatic heterocycles. The van der Waals surface area contributed by atoms with E-state index in [0.717, 1.165) is 26.7 Å². The molecular formula is C13H15BrN2OS. The van der Waals surface area contributed by atoms with E-state index in [1.54, 1.807) is 11.3 Å². The topological polar surface area (TPSA) is 34.1 Å². The number of aromatic nitrogens is 1. The van der Waals surface area contributed by atoms with Gasteiger partial charge in [0.1, 0.15) is 12.4 Å².